The molecule has 6 rings (SSSR count). The van der Waals surface area contributed by atoms with Crippen molar-refractivity contribution in [2.45, 2.75) is 0 Å². The van der Waals surface area contributed by atoms with E-state index >= 15 is 0 Å². The van der Waals surface area contributed by atoms with Gasteiger partial charge in [-0.2, -0.15) is 0 Å². The maximum atomic E-state index is 5.32. The zero-order valence-corrected chi connectivity index (χ0v) is 18.7. The van der Waals surface area contributed by atoms with Crippen molar-refractivity contribution in [3.8, 4) is 5.75 Å². The second kappa shape index (κ2) is 8.58. The Balaban J connectivity index is 0.00000228. The molecule has 0 unspecified atom stereocenters. The summed E-state index contributed by atoms with van der Waals surface area (Å²) in [4.78, 5) is 16.5. The number of nitrogens with zero attached hydrogens (tertiary/aromatic N) is 2. The first-order chi connectivity index (χ1) is 15.7. The summed E-state index contributed by atoms with van der Waals surface area (Å²) >= 11 is 0. The van der Waals surface area contributed by atoms with E-state index in [0.717, 1.165) is 61.7 Å². The maximum Gasteiger partial charge on any atom is 0.118 e. The van der Waals surface area contributed by atoms with E-state index in [1.54, 1.807) is 7.11 Å². The summed E-state index contributed by atoms with van der Waals surface area (Å²) in [7, 11) is 1.67. The summed E-state index contributed by atoms with van der Waals surface area (Å²) in [6, 6.07) is 24.5. The molecule has 0 saturated heterocycles. The third-order valence-corrected chi connectivity index (χ3v) is 5.57. The number of fused-ring (bicyclic) bond motifs is 8. The van der Waals surface area contributed by atoms with Crippen LogP contribution in [0.3, 0.4) is 0 Å². The second-order valence-electron chi connectivity index (χ2n) is 7.82. The van der Waals surface area contributed by atoms with Crippen LogP contribution in [-0.2, 0) is 17.1 Å². The standard InChI is InChI=1S/C27H20N4O.Cu/c1-32-25-10-2-17(3-11-25)26-15-24-14-22-7-6-20(29-22)12-18-4-5-19(28-18)13-21-8-9-23(30-21)16-27(26)31-24;/h2-16,28-29H,1H3;. The van der Waals surface area contributed by atoms with Crippen LogP contribution in [0, 0.1) is 0 Å². The van der Waals surface area contributed by atoms with Crippen LogP contribution in [0.1, 0.15) is 28.3 Å². The molecule has 5 heterocycles. The molecule has 0 aliphatic carbocycles. The molecule has 2 aliphatic heterocycles. The van der Waals surface area contributed by atoms with Crippen LogP contribution < -0.4 is 4.74 Å². The van der Waals surface area contributed by atoms with E-state index < -0.39 is 0 Å². The van der Waals surface area contributed by atoms with E-state index in [0.29, 0.717) is 0 Å². The topological polar surface area (TPSA) is 66.6 Å². The van der Waals surface area contributed by atoms with Crippen molar-refractivity contribution < 1.29 is 21.8 Å². The monoisotopic (exact) mass is 479 g/mol. The molecule has 5 nitrogen and oxygen atoms in total. The quantitative estimate of drug-likeness (QED) is 0.296. The van der Waals surface area contributed by atoms with Gasteiger partial charge in [0.2, 0.25) is 0 Å². The minimum absolute atomic E-state index is 0. The van der Waals surface area contributed by atoms with Crippen molar-refractivity contribution >= 4 is 45.9 Å². The summed E-state index contributed by atoms with van der Waals surface area (Å²) in [6.45, 7) is 0. The van der Waals surface area contributed by atoms with E-state index in [1.807, 2.05) is 36.4 Å². The van der Waals surface area contributed by atoms with Gasteiger partial charge in [-0.15, -0.1) is 0 Å². The molecule has 8 bridgehead atoms. The predicted octanol–water partition coefficient (Wildman–Crippen LogP) is 6.08. The number of aromatic amines is 2. The molecule has 0 atom stereocenters. The average Bonchev–Trinajstić information content (AvgIpc) is 3.59. The predicted molar refractivity (Wildman–Crippen MR) is 130 cm³/mol. The Morgan fingerprint density at radius 1 is 0.636 bits per heavy atom. The van der Waals surface area contributed by atoms with Crippen LogP contribution in [0.2, 0.25) is 0 Å². The molecular formula is C27H20CuN4O. The Labute approximate surface area is 201 Å². The number of hydrogen-bond acceptors (Lipinski definition) is 3. The number of benzene rings is 1. The molecule has 0 amide bonds. The van der Waals surface area contributed by atoms with Crippen LogP contribution in [-0.4, -0.2) is 27.0 Å². The molecule has 2 N–H and O–H groups in total. The van der Waals surface area contributed by atoms with E-state index in [9.17, 15) is 0 Å². The summed E-state index contributed by atoms with van der Waals surface area (Å²) in [5.41, 5.74) is 9.78. The van der Waals surface area contributed by atoms with Crippen molar-refractivity contribution in [3.05, 3.63) is 101 Å². The number of rotatable bonds is 2. The largest absolute Gasteiger partial charge is 0.497 e. The second-order valence-corrected chi connectivity index (χ2v) is 7.82. The van der Waals surface area contributed by atoms with Gasteiger partial charge in [0.15, 0.2) is 0 Å². The first-order valence-corrected chi connectivity index (χ1v) is 10.4. The molecule has 2 aliphatic rings. The third-order valence-electron chi connectivity index (χ3n) is 5.57. The van der Waals surface area contributed by atoms with Crippen LogP contribution >= 0.6 is 0 Å². The van der Waals surface area contributed by atoms with Crippen molar-refractivity contribution in [2.24, 2.45) is 0 Å². The van der Waals surface area contributed by atoms with Crippen LogP contribution in [0.5, 0.6) is 5.75 Å². The molecule has 3 aromatic heterocycles. The fourth-order valence-corrected chi connectivity index (χ4v) is 4.02. The Morgan fingerprint density at radius 2 is 1.21 bits per heavy atom. The number of H-pyrrole nitrogens is 2. The van der Waals surface area contributed by atoms with Gasteiger partial charge < -0.3 is 14.7 Å². The molecule has 0 fully saturated rings. The summed E-state index contributed by atoms with van der Waals surface area (Å²) < 4.78 is 5.32. The first kappa shape index (κ1) is 21.0. The van der Waals surface area contributed by atoms with E-state index in [1.165, 1.54) is 0 Å². The van der Waals surface area contributed by atoms with Gasteiger partial charge in [0, 0.05) is 44.7 Å². The van der Waals surface area contributed by atoms with Gasteiger partial charge >= 0.3 is 0 Å². The van der Waals surface area contributed by atoms with Crippen molar-refractivity contribution in [2.75, 3.05) is 7.11 Å². The van der Waals surface area contributed by atoms with Crippen molar-refractivity contribution in [1.82, 2.24) is 19.9 Å². The van der Waals surface area contributed by atoms with Gasteiger partial charge in [0.25, 0.3) is 0 Å². The van der Waals surface area contributed by atoms with Gasteiger partial charge in [0.05, 0.1) is 29.9 Å². The number of hydrogen-bond donors (Lipinski definition) is 2. The minimum atomic E-state index is 0. The fraction of sp³-hybridized carbons (Fsp3) is 0.0370. The number of methoxy groups -OCH3 is 1. The Morgan fingerprint density at radius 3 is 1.85 bits per heavy atom. The Kier molecular flexibility index (Phi) is 5.46. The molecule has 0 saturated carbocycles. The normalized spacial score (nSPS) is 12.2. The summed E-state index contributed by atoms with van der Waals surface area (Å²) in [6.07, 6.45) is 6.16. The van der Waals surface area contributed by atoms with Gasteiger partial charge in [-0.25, -0.2) is 9.97 Å². The Hall–Kier alpha value is -3.86. The number of nitrogens with one attached hydrogen (secondary N) is 2. The van der Waals surface area contributed by atoms with Gasteiger partial charge in [0.1, 0.15) is 5.75 Å². The van der Waals surface area contributed by atoms with E-state index in [-0.39, 0.29) is 17.1 Å². The summed E-state index contributed by atoms with van der Waals surface area (Å²) in [5.74, 6) is 0.830. The minimum Gasteiger partial charge on any atom is -0.497 e. The number of ether oxygens (including phenoxy) is 1. The summed E-state index contributed by atoms with van der Waals surface area (Å²) in [5, 5.41) is 0. The Bertz CT molecular complexity index is 1560. The van der Waals surface area contributed by atoms with Crippen molar-refractivity contribution in [1.29, 1.82) is 0 Å². The van der Waals surface area contributed by atoms with Gasteiger partial charge in [-0.05, 0) is 84.5 Å². The smallest absolute Gasteiger partial charge is 0.118 e. The van der Waals surface area contributed by atoms with E-state index in [4.69, 9.17) is 14.7 Å². The fourth-order valence-electron chi connectivity index (χ4n) is 4.02. The average molecular weight is 480 g/mol. The molecule has 1 aromatic carbocycles. The van der Waals surface area contributed by atoms with Gasteiger partial charge in [-0.3, -0.25) is 0 Å². The molecule has 4 aromatic rings. The van der Waals surface area contributed by atoms with Crippen molar-refractivity contribution in [3.63, 3.8) is 0 Å². The van der Waals surface area contributed by atoms with Crippen LogP contribution in [0.25, 0.3) is 45.9 Å². The molecular weight excluding hydrogens is 460 g/mol. The zero-order valence-electron chi connectivity index (χ0n) is 17.8. The molecule has 1 radical (unpaired) electrons. The van der Waals surface area contributed by atoms with Gasteiger partial charge in [-0.1, -0.05) is 12.1 Å². The SMILES string of the molecule is COc1ccc(C2=Cc3cc4ccc(cc5ccc(cc6nc(cc2n3)C=C6)[nH]5)[nH]4)cc1.[Cu]. The molecule has 165 valence electrons. The first-order valence-electron chi connectivity index (χ1n) is 10.4. The van der Waals surface area contributed by atoms with Crippen LogP contribution in [0.15, 0.2) is 72.8 Å². The third kappa shape index (κ3) is 4.27. The van der Waals surface area contributed by atoms with Crippen LogP contribution in [0.4, 0.5) is 0 Å². The molecule has 33 heavy (non-hydrogen) atoms. The number of aromatic nitrogens is 4. The maximum absolute atomic E-state index is 5.32. The zero-order chi connectivity index (χ0) is 21.5. The van der Waals surface area contributed by atoms with E-state index in [2.05, 4.69) is 64.6 Å². The molecule has 6 heteroatoms. The molecule has 0 spiro atoms.